The maximum Gasteiger partial charge on any atom is 0.187 e. The van der Waals surface area contributed by atoms with E-state index >= 15 is 0 Å². The van der Waals surface area contributed by atoms with Crippen molar-refractivity contribution in [3.8, 4) is 5.40 Å². The summed E-state index contributed by atoms with van der Waals surface area (Å²) in [6.07, 6.45) is -0.163. The minimum Gasteiger partial charge on any atom is -0.371 e. The number of epoxide rings is 1. The number of thioether (sulfide) groups is 1. The van der Waals surface area contributed by atoms with Crippen molar-refractivity contribution in [3.63, 3.8) is 0 Å². The number of amidine groups is 1. The average Bonchev–Trinajstić information content (AvgIpc) is 3.13. The van der Waals surface area contributed by atoms with Crippen molar-refractivity contribution in [1.82, 2.24) is 10.4 Å². The molecule has 0 bridgehead atoms. The molecule has 1 saturated heterocycles. The second kappa shape index (κ2) is 5.36. The van der Waals surface area contributed by atoms with Gasteiger partial charge in [-0.25, -0.2) is 13.8 Å². The van der Waals surface area contributed by atoms with Gasteiger partial charge in [-0.3, -0.25) is 5.43 Å². The lowest BCUT2D eigenvalue weighted by atomic mass is 10.0. The quantitative estimate of drug-likeness (QED) is 0.680. The summed E-state index contributed by atoms with van der Waals surface area (Å²) in [4.78, 5) is 4.13. The highest BCUT2D eigenvalue weighted by molar-refractivity contribution is 8.17. The third-order valence-corrected chi connectivity index (χ3v) is 3.58. The lowest BCUT2D eigenvalue weighted by molar-refractivity contribution is 0.148. The number of ether oxygens (including phenoxy) is 1. The number of nitrogens with zero attached hydrogens (tertiary/aromatic N) is 3. The lowest BCUT2D eigenvalue weighted by Gasteiger charge is -2.26. The molecule has 0 spiro atoms. The number of aliphatic imine (C=N–C) groups is 1. The molecular formula is C12H10F2N4OS. The van der Waals surface area contributed by atoms with Gasteiger partial charge >= 0.3 is 0 Å². The van der Waals surface area contributed by atoms with Crippen molar-refractivity contribution >= 4 is 16.9 Å². The van der Waals surface area contributed by atoms with Crippen molar-refractivity contribution in [3.05, 3.63) is 35.4 Å². The topological polar surface area (TPSA) is 64.0 Å². The van der Waals surface area contributed by atoms with Gasteiger partial charge in [0.15, 0.2) is 5.17 Å². The SMILES string of the molecule is N#CSC1=NCN(C(c2ccc(F)cc2F)C2CO2)N1. The van der Waals surface area contributed by atoms with Crippen LogP contribution in [0.5, 0.6) is 0 Å². The van der Waals surface area contributed by atoms with Crippen molar-refractivity contribution < 1.29 is 13.5 Å². The summed E-state index contributed by atoms with van der Waals surface area (Å²) < 4.78 is 32.2. The molecule has 8 heteroatoms. The Morgan fingerprint density at radius 3 is 3.00 bits per heavy atom. The Morgan fingerprint density at radius 1 is 1.55 bits per heavy atom. The van der Waals surface area contributed by atoms with Crippen molar-refractivity contribution in [1.29, 1.82) is 5.26 Å². The molecule has 2 heterocycles. The predicted octanol–water partition coefficient (Wildman–Crippen LogP) is 1.75. The molecule has 1 aromatic carbocycles. The molecule has 0 aliphatic carbocycles. The fraction of sp³-hybridized carbons (Fsp3) is 0.333. The summed E-state index contributed by atoms with van der Waals surface area (Å²) in [6, 6.07) is 3.08. The third-order valence-electron chi connectivity index (χ3n) is 3.08. The summed E-state index contributed by atoms with van der Waals surface area (Å²) in [5.41, 5.74) is 3.28. The Hall–Kier alpha value is -1.69. The largest absolute Gasteiger partial charge is 0.371 e. The van der Waals surface area contributed by atoms with Crippen LogP contribution in [0.2, 0.25) is 0 Å². The highest BCUT2D eigenvalue weighted by Gasteiger charge is 2.41. The maximum atomic E-state index is 13.9. The van der Waals surface area contributed by atoms with Gasteiger partial charge in [-0.05, 0) is 6.07 Å². The second-order valence-corrected chi connectivity index (χ2v) is 5.14. The minimum absolute atomic E-state index is 0.163. The summed E-state index contributed by atoms with van der Waals surface area (Å²) in [6.45, 7) is 0.797. The van der Waals surface area contributed by atoms with Crippen LogP contribution < -0.4 is 5.43 Å². The van der Waals surface area contributed by atoms with Crippen molar-refractivity contribution in [2.24, 2.45) is 4.99 Å². The van der Waals surface area contributed by atoms with Gasteiger partial charge in [0, 0.05) is 23.4 Å². The van der Waals surface area contributed by atoms with E-state index in [1.807, 2.05) is 5.40 Å². The number of hydrazine groups is 1. The Bertz CT molecular complexity index is 600. The zero-order valence-electron chi connectivity index (χ0n) is 10.2. The molecule has 3 rings (SSSR count). The van der Waals surface area contributed by atoms with E-state index in [-0.39, 0.29) is 12.8 Å². The lowest BCUT2D eigenvalue weighted by Crippen LogP contribution is -2.40. The van der Waals surface area contributed by atoms with Crippen LogP contribution in [0, 0.1) is 22.3 Å². The molecule has 1 aromatic rings. The van der Waals surface area contributed by atoms with Gasteiger partial charge in [-0.2, -0.15) is 10.3 Å². The molecule has 2 atom stereocenters. The first-order valence-electron chi connectivity index (χ1n) is 5.89. The van der Waals surface area contributed by atoms with Gasteiger partial charge in [-0.15, -0.1) is 0 Å². The summed E-state index contributed by atoms with van der Waals surface area (Å²) in [5, 5.41) is 12.7. The Labute approximate surface area is 118 Å². The molecule has 5 nitrogen and oxygen atoms in total. The first kappa shape index (κ1) is 13.3. The fourth-order valence-corrected chi connectivity index (χ4v) is 2.51. The van der Waals surface area contributed by atoms with Crippen LogP contribution in [0.25, 0.3) is 0 Å². The van der Waals surface area contributed by atoms with E-state index in [0.717, 1.165) is 17.8 Å². The molecule has 0 aromatic heterocycles. The molecule has 1 fully saturated rings. The molecule has 0 saturated carbocycles. The number of halogens is 2. The van der Waals surface area contributed by atoms with Gasteiger partial charge in [0.1, 0.15) is 29.8 Å². The first-order chi connectivity index (χ1) is 9.69. The molecule has 2 aliphatic rings. The molecular weight excluding hydrogens is 286 g/mol. The summed E-state index contributed by atoms with van der Waals surface area (Å²) >= 11 is 0.902. The van der Waals surface area contributed by atoms with Crippen LogP contribution in [0.3, 0.4) is 0 Å². The van der Waals surface area contributed by atoms with Gasteiger partial charge in [0.05, 0.1) is 12.6 Å². The number of hydrogen-bond donors (Lipinski definition) is 1. The predicted molar refractivity (Wildman–Crippen MR) is 69.3 cm³/mol. The number of benzene rings is 1. The molecule has 0 amide bonds. The highest BCUT2D eigenvalue weighted by Crippen LogP contribution is 2.35. The second-order valence-electron chi connectivity index (χ2n) is 4.36. The smallest absolute Gasteiger partial charge is 0.187 e. The highest BCUT2D eigenvalue weighted by atomic mass is 32.2. The number of nitrogens with one attached hydrogen (secondary N) is 1. The van der Waals surface area contributed by atoms with Crippen LogP contribution in [0.4, 0.5) is 8.78 Å². The van der Waals surface area contributed by atoms with Crippen LogP contribution in [-0.2, 0) is 4.74 Å². The molecule has 104 valence electrons. The zero-order valence-corrected chi connectivity index (χ0v) is 11.0. The Kier molecular flexibility index (Phi) is 3.56. The van der Waals surface area contributed by atoms with Gasteiger partial charge in [0.2, 0.25) is 0 Å². The van der Waals surface area contributed by atoms with Crippen molar-refractivity contribution in [2.45, 2.75) is 12.1 Å². The normalized spacial score (nSPS) is 22.9. The van der Waals surface area contributed by atoms with Crippen LogP contribution >= 0.6 is 11.8 Å². The molecule has 2 unspecified atom stereocenters. The van der Waals surface area contributed by atoms with E-state index in [1.54, 1.807) is 5.01 Å². The number of thiocyanates is 1. The maximum absolute atomic E-state index is 13.9. The molecule has 0 radical (unpaired) electrons. The van der Waals surface area contributed by atoms with Gasteiger partial charge in [0.25, 0.3) is 0 Å². The summed E-state index contributed by atoms with van der Waals surface area (Å²) in [7, 11) is 0. The standard InChI is InChI=1S/C12H10F2N4OS/c13-7-1-2-8(9(14)3-7)11(10-4-19-10)18-6-16-12(17-18)20-5-15/h1-3,10-11H,4,6H2,(H,16,17). The van der Waals surface area contributed by atoms with Crippen LogP contribution in [0.15, 0.2) is 23.2 Å². The molecule has 1 N–H and O–H groups in total. The monoisotopic (exact) mass is 296 g/mol. The Balaban J connectivity index is 1.82. The van der Waals surface area contributed by atoms with E-state index in [9.17, 15) is 8.78 Å². The van der Waals surface area contributed by atoms with E-state index in [4.69, 9.17) is 10.00 Å². The Morgan fingerprint density at radius 2 is 2.35 bits per heavy atom. The molecule has 2 aliphatic heterocycles. The van der Waals surface area contributed by atoms with E-state index < -0.39 is 17.7 Å². The number of rotatable bonds is 3. The van der Waals surface area contributed by atoms with Crippen molar-refractivity contribution in [2.75, 3.05) is 13.3 Å². The van der Waals surface area contributed by atoms with Gasteiger partial charge in [-0.1, -0.05) is 6.07 Å². The van der Waals surface area contributed by atoms with E-state index in [0.29, 0.717) is 17.3 Å². The van der Waals surface area contributed by atoms with Crippen LogP contribution in [0.1, 0.15) is 11.6 Å². The average molecular weight is 296 g/mol. The van der Waals surface area contributed by atoms with E-state index in [2.05, 4.69) is 10.4 Å². The molecule has 20 heavy (non-hydrogen) atoms. The van der Waals surface area contributed by atoms with Gasteiger partial charge < -0.3 is 4.74 Å². The summed E-state index contributed by atoms with van der Waals surface area (Å²) in [5.74, 6) is -1.23. The fourth-order valence-electron chi connectivity index (χ4n) is 2.14. The van der Waals surface area contributed by atoms with E-state index in [1.165, 1.54) is 12.1 Å². The zero-order chi connectivity index (χ0) is 14.1. The minimum atomic E-state index is -0.618. The first-order valence-corrected chi connectivity index (χ1v) is 6.71. The number of nitriles is 1. The van der Waals surface area contributed by atoms with Crippen LogP contribution in [-0.4, -0.2) is 29.6 Å². The third kappa shape index (κ3) is 2.60. The number of hydrogen-bond acceptors (Lipinski definition) is 6.